The fourth-order valence-corrected chi connectivity index (χ4v) is 0.755. The first-order valence-corrected chi connectivity index (χ1v) is 2.99. The highest BCUT2D eigenvalue weighted by Gasteiger charge is 2.36. The lowest BCUT2D eigenvalue weighted by atomic mass is 10.00. The second-order valence-corrected chi connectivity index (χ2v) is 2.41. The zero-order chi connectivity index (χ0) is 7.61. The number of amides is 1. The van der Waals surface area contributed by atoms with Crippen LogP contribution in [-0.2, 0) is 0 Å². The van der Waals surface area contributed by atoms with Gasteiger partial charge in [-0.3, -0.25) is 0 Å². The van der Waals surface area contributed by atoms with Crippen molar-refractivity contribution in [1.29, 1.82) is 0 Å². The van der Waals surface area contributed by atoms with Gasteiger partial charge < -0.3 is 15.7 Å². The Balaban J connectivity index is 2.18. The van der Waals surface area contributed by atoms with Crippen molar-refractivity contribution in [3.63, 3.8) is 0 Å². The predicted molar refractivity (Wildman–Crippen MR) is 32.7 cm³/mol. The minimum absolute atomic E-state index is 0.116. The van der Waals surface area contributed by atoms with E-state index in [0.717, 1.165) is 0 Å². The summed E-state index contributed by atoms with van der Waals surface area (Å²) in [7, 11) is 0. The number of carboxylic acid groups (broad SMARTS) is 1. The Morgan fingerprint density at radius 2 is 2.40 bits per heavy atom. The third kappa shape index (κ3) is 1.57. The molecule has 1 amide bonds. The Labute approximate surface area is 57.4 Å². The van der Waals surface area contributed by atoms with Crippen LogP contribution >= 0.6 is 0 Å². The molecule has 5 heteroatoms. The molecule has 58 valence electrons. The number of nitrogens with one attached hydrogen (secondary N) is 2. The van der Waals surface area contributed by atoms with Crippen molar-refractivity contribution in [2.75, 3.05) is 19.6 Å². The number of hydrogen-bond donors (Lipinski definition) is 3. The molecule has 0 aromatic carbocycles. The first kappa shape index (κ1) is 7.27. The van der Waals surface area contributed by atoms with Crippen LogP contribution in [0.3, 0.4) is 0 Å². The summed E-state index contributed by atoms with van der Waals surface area (Å²) in [5, 5.41) is 12.8. The Morgan fingerprint density at radius 3 is 2.70 bits per heavy atom. The summed E-state index contributed by atoms with van der Waals surface area (Å²) in [5.74, 6) is 0. The van der Waals surface area contributed by atoms with Crippen molar-refractivity contribution >= 4 is 6.09 Å². The van der Waals surface area contributed by atoms with Gasteiger partial charge in [0.2, 0.25) is 0 Å². The molecule has 0 saturated carbocycles. The molecule has 0 bridgehead atoms. The summed E-state index contributed by atoms with van der Waals surface area (Å²) in [4.78, 5) is 9.89. The predicted octanol–water partition coefficient (Wildman–Crippen LogP) is -0.435. The summed E-state index contributed by atoms with van der Waals surface area (Å²) in [6.07, 6.45) is -1.18. The Morgan fingerprint density at radius 1 is 1.80 bits per heavy atom. The molecule has 1 aliphatic heterocycles. The van der Waals surface area contributed by atoms with Gasteiger partial charge in [-0.15, -0.1) is 0 Å². The van der Waals surface area contributed by atoms with Crippen molar-refractivity contribution < 1.29 is 14.3 Å². The number of alkyl halides is 1. The normalized spacial score (nSPS) is 21.3. The van der Waals surface area contributed by atoms with E-state index in [0.29, 0.717) is 0 Å². The molecule has 0 aliphatic carbocycles. The van der Waals surface area contributed by atoms with Gasteiger partial charge >= 0.3 is 6.09 Å². The molecule has 4 nitrogen and oxygen atoms in total. The fourth-order valence-electron chi connectivity index (χ4n) is 0.755. The topological polar surface area (TPSA) is 61.4 Å². The van der Waals surface area contributed by atoms with Crippen LogP contribution in [0.2, 0.25) is 0 Å². The molecule has 0 aromatic rings. The second kappa shape index (κ2) is 2.42. The molecule has 1 rings (SSSR count). The fraction of sp³-hybridized carbons (Fsp3) is 0.800. The van der Waals surface area contributed by atoms with Crippen LogP contribution in [0, 0.1) is 0 Å². The zero-order valence-corrected chi connectivity index (χ0v) is 5.35. The molecule has 0 spiro atoms. The Kier molecular flexibility index (Phi) is 1.76. The quantitative estimate of drug-likeness (QED) is 0.497. The summed E-state index contributed by atoms with van der Waals surface area (Å²) in [6, 6.07) is 0. The van der Waals surface area contributed by atoms with E-state index in [1.54, 1.807) is 0 Å². The second-order valence-electron chi connectivity index (χ2n) is 2.41. The first-order valence-electron chi connectivity index (χ1n) is 2.99. The smallest absolute Gasteiger partial charge is 0.404 e. The Bertz CT molecular complexity index is 147. The van der Waals surface area contributed by atoms with Crippen LogP contribution < -0.4 is 10.6 Å². The third-order valence-electron chi connectivity index (χ3n) is 1.44. The average molecular weight is 148 g/mol. The number of rotatable bonds is 2. The zero-order valence-electron chi connectivity index (χ0n) is 5.35. The van der Waals surface area contributed by atoms with Crippen LogP contribution in [0.5, 0.6) is 0 Å². The van der Waals surface area contributed by atoms with Crippen LogP contribution in [0.4, 0.5) is 9.18 Å². The maximum absolute atomic E-state index is 12.9. The van der Waals surface area contributed by atoms with Crippen molar-refractivity contribution in [1.82, 2.24) is 10.6 Å². The summed E-state index contributed by atoms with van der Waals surface area (Å²) < 4.78 is 12.9. The number of hydrogen-bond acceptors (Lipinski definition) is 2. The molecular weight excluding hydrogens is 139 g/mol. The van der Waals surface area contributed by atoms with E-state index >= 15 is 0 Å². The number of carbonyl (C=O) groups is 1. The van der Waals surface area contributed by atoms with E-state index in [2.05, 4.69) is 5.32 Å². The van der Waals surface area contributed by atoms with Crippen LogP contribution in [0.1, 0.15) is 0 Å². The first-order chi connectivity index (χ1) is 4.62. The highest BCUT2D eigenvalue weighted by atomic mass is 19.1. The van der Waals surface area contributed by atoms with Gasteiger partial charge in [0.1, 0.15) is 0 Å². The monoisotopic (exact) mass is 148 g/mol. The van der Waals surface area contributed by atoms with Gasteiger partial charge in [0.25, 0.3) is 0 Å². The maximum atomic E-state index is 12.9. The van der Waals surface area contributed by atoms with E-state index in [1.807, 2.05) is 5.32 Å². The lowest BCUT2D eigenvalue weighted by Crippen LogP contribution is -2.61. The van der Waals surface area contributed by atoms with Gasteiger partial charge in [-0.05, 0) is 0 Å². The lowest BCUT2D eigenvalue weighted by Gasteiger charge is -2.34. The molecule has 1 fully saturated rings. The van der Waals surface area contributed by atoms with E-state index in [1.165, 1.54) is 0 Å². The van der Waals surface area contributed by atoms with Gasteiger partial charge in [0.15, 0.2) is 5.67 Å². The molecule has 0 atom stereocenters. The average Bonchev–Trinajstić information content (AvgIpc) is 1.79. The van der Waals surface area contributed by atoms with Crippen LogP contribution in [-0.4, -0.2) is 36.5 Å². The maximum Gasteiger partial charge on any atom is 0.404 e. The van der Waals surface area contributed by atoms with Gasteiger partial charge in [-0.1, -0.05) is 0 Å². The minimum Gasteiger partial charge on any atom is -0.465 e. The van der Waals surface area contributed by atoms with Crippen molar-refractivity contribution in [3.8, 4) is 0 Å². The molecule has 0 aromatic heterocycles. The molecule has 1 aliphatic rings. The Hall–Kier alpha value is -0.840. The highest BCUT2D eigenvalue weighted by Crippen LogP contribution is 2.14. The highest BCUT2D eigenvalue weighted by molar-refractivity contribution is 5.64. The molecule has 0 unspecified atom stereocenters. The van der Waals surface area contributed by atoms with Gasteiger partial charge in [-0.25, -0.2) is 9.18 Å². The lowest BCUT2D eigenvalue weighted by molar-refractivity contribution is 0.0879. The SMILES string of the molecule is O=C(O)NCC1(F)CNC1. The van der Waals surface area contributed by atoms with E-state index in [-0.39, 0.29) is 19.6 Å². The number of halogens is 1. The van der Waals surface area contributed by atoms with Crippen LogP contribution in [0.15, 0.2) is 0 Å². The van der Waals surface area contributed by atoms with Crippen LogP contribution in [0.25, 0.3) is 0 Å². The van der Waals surface area contributed by atoms with E-state index in [4.69, 9.17) is 5.11 Å². The summed E-state index contributed by atoms with van der Waals surface area (Å²) >= 11 is 0. The minimum atomic E-state index is -1.35. The molecule has 0 radical (unpaired) electrons. The van der Waals surface area contributed by atoms with Crippen molar-refractivity contribution in [2.45, 2.75) is 5.67 Å². The van der Waals surface area contributed by atoms with E-state index in [9.17, 15) is 9.18 Å². The molecule has 1 heterocycles. The van der Waals surface area contributed by atoms with Crippen molar-refractivity contribution in [3.05, 3.63) is 0 Å². The molecular formula is C5H9FN2O2. The van der Waals surface area contributed by atoms with Gasteiger partial charge in [0.05, 0.1) is 6.54 Å². The standard InChI is InChI=1S/C5H9FN2O2/c6-5(1-7-2-5)3-8-4(9)10/h7-8H,1-3H2,(H,9,10). The summed E-state index contributed by atoms with van der Waals surface area (Å²) in [5.41, 5.74) is -1.35. The largest absolute Gasteiger partial charge is 0.465 e. The van der Waals surface area contributed by atoms with E-state index < -0.39 is 11.8 Å². The van der Waals surface area contributed by atoms with Gasteiger partial charge in [-0.2, -0.15) is 0 Å². The molecule has 1 saturated heterocycles. The molecule has 3 N–H and O–H groups in total. The van der Waals surface area contributed by atoms with Crippen molar-refractivity contribution in [2.24, 2.45) is 0 Å². The third-order valence-corrected chi connectivity index (χ3v) is 1.44. The molecule has 10 heavy (non-hydrogen) atoms. The summed E-state index contributed by atoms with van der Waals surface area (Å²) in [6.45, 7) is 0.371. The van der Waals surface area contributed by atoms with Gasteiger partial charge in [0, 0.05) is 13.1 Å².